The molecule has 2 atom stereocenters. The minimum atomic E-state index is 0.137. The van der Waals surface area contributed by atoms with E-state index in [-0.39, 0.29) is 17.9 Å². The summed E-state index contributed by atoms with van der Waals surface area (Å²) in [5.41, 5.74) is 6.64. The highest BCUT2D eigenvalue weighted by atomic mass is 16.5. The van der Waals surface area contributed by atoms with Gasteiger partial charge in [-0.2, -0.15) is 0 Å². The zero-order valence-electron chi connectivity index (χ0n) is 11.1. The van der Waals surface area contributed by atoms with E-state index in [4.69, 9.17) is 15.7 Å². The Balaban J connectivity index is 2.55. The van der Waals surface area contributed by atoms with Crippen LogP contribution in [-0.2, 0) is 0 Å². The smallest absolute Gasteiger partial charge is 0.140 e. The molecule has 1 aromatic rings. The Bertz CT molecular complexity index is 390. The maximum absolute atomic E-state index is 8.51. The number of nitrogens with two attached hydrogens (primary N) is 1. The minimum Gasteiger partial charge on any atom is -0.497 e. The molecule has 0 amide bonds. The van der Waals surface area contributed by atoms with Crippen molar-refractivity contribution in [1.29, 1.82) is 0 Å². The van der Waals surface area contributed by atoms with Crippen LogP contribution in [0.2, 0.25) is 0 Å². The molecule has 0 aliphatic rings. The average Bonchev–Trinajstić information content (AvgIpc) is 2.38. The van der Waals surface area contributed by atoms with E-state index in [1.807, 2.05) is 31.2 Å². The lowest BCUT2D eigenvalue weighted by Crippen LogP contribution is -2.33. The molecular weight excluding hydrogens is 230 g/mol. The number of hydrogen-bond acceptors (Lipinski definition) is 4. The molecule has 1 rings (SSSR count). The topological polar surface area (TPSA) is 79.9 Å². The second kappa shape index (κ2) is 6.86. The monoisotopic (exact) mass is 251 g/mol. The zero-order chi connectivity index (χ0) is 13.5. The lowest BCUT2D eigenvalue weighted by atomic mass is 10.1. The van der Waals surface area contributed by atoms with Crippen LogP contribution in [0.1, 0.15) is 31.9 Å². The number of benzene rings is 1. The average molecular weight is 251 g/mol. The number of rotatable bonds is 6. The molecule has 0 heterocycles. The Morgan fingerprint density at radius 2 is 2.00 bits per heavy atom. The van der Waals surface area contributed by atoms with E-state index in [2.05, 4.69) is 17.4 Å². The fraction of sp³-hybridized carbons (Fsp3) is 0.462. The van der Waals surface area contributed by atoms with Gasteiger partial charge in [0.1, 0.15) is 11.6 Å². The van der Waals surface area contributed by atoms with Gasteiger partial charge in [-0.25, -0.2) is 0 Å². The Kier molecular flexibility index (Phi) is 5.45. The van der Waals surface area contributed by atoms with Crippen molar-refractivity contribution in [2.75, 3.05) is 7.11 Å². The zero-order valence-corrected chi connectivity index (χ0v) is 11.1. The van der Waals surface area contributed by atoms with E-state index in [9.17, 15) is 0 Å². The largest absolute Gasteiger partial charge is 0.497 e. The van der Waals surface area contributed by atoms with Gasteiger partial charge in [0.25, 0.3) is 0 Å². The van der Waals surface area contributed by atoms with E-state index in [0.29, 0.717) is 6.42 Å². The van der Waals surface area contributed by atoms with Gasteiger partial charge in [0.2, 0.25) is 0 Å². The van der Waals surface area contributed by atoms with Crippen molar-refractivity contribution in [3.05, 3.63) is 29.8 Å². The van der Waals surface area contributed by atoms with Gasteiger partial charge in [0, 0.05) is 18.5 Å². The molecule has 18 heavy (non-hydrogen) atoms. The predicted octanol–water partition coefficient (Wildman–Crippen LogP) is 1.87. The predicted molar refractivity (Wildman–Crippen MR) is 72.0 cm³/mol. The van der Waals surface area contributed by atoms with Crippen molar-refractivity contribution in [1.82, 2.24) is 5.32 Å². The molecule has 0 saturated carbocycles. The Hall–Kier alpha value is -1.75. The van der Waals surface area contributed by atoms with E-state index in [1.54, 1.807) is 7.11 Å². The van der Waals surface area contributed by atoms with Gasteiger partial charge >= 0.3 is 0 Å². The number of amidine groups is 1. The summed E-state index contributed by atoms with van der Waals surface area (Å²) in [4.78, 5) is 0. The fourth-order valence-corrected chi connectivity index (χ4v) is 1.83. The van der Waals surface area contributed by atoms with Crippen molar-refractivity contribution in [3.8, 4) is 5.75 Å². The third-order valence-electron chi connectivity index (χ3n) is 2.79. The molecule has 5 nitrogen and oxygen atoms in total. The molecule has 0 aliphatic heterocycles. The van der Waals surface area contributed by atoms with Crippen LogP contribution in [0.4, 0.5) is 0 Å². The Morgan fingerprint density at radius 3 is 2.50 bits per heavy atom. The Labute approximate surface area is 108 Å². The van der Waals surface area contributed by atoms with Crippen molar-refractivity contribution in [2.24, 2.45) is 10.9 Å². The molecule has 0 radical (unpaired) electrons. The summed E-state index contributed by atoms with van der Waals surface area (Å²) in [7, 11) is 1.65. The molecule has 100 valence electrons. The van der Waals surface area contributed by atoms with Gasteiger partial charge in [-0.1, -0.05) is 17.3 Å². The normalized spacial score (nSPS) is 15.2. The highest BCUT2D eigenvalue weighted by Crippen LogP contribution is 2.17. The number of hydrogen-bond donors (Lipinski definition) is 3. The van der Waals surface area contributed by atoms with Crippen LogP contribution in [0, 0.1) is 0 Å². The fourth-order valence-electron chi connectivity index (χ4n) is 1.83. The minimum absolute atomic E-state index is 0.137. The van der Waals surface area contributed by atoms with Crippen molar-refractivity contribution < 1.29 is 9.94 Å². The maximum atomic E-state index is 8.51. The van der Waals surface area contributed by atoms with Crippen LogP contribution in [-0.4, -0.2) is 24.2 Å². The third kappa shape index (κ3) is 4.25. The highest BCUT2D eigenvalue weighted by Gasteiger charge is 2.10. The number of oxime groups is 1. The van der Waals surface area contributed by atoms with Crippen LogP contribution >= 0.6 is 0 Å². The number of nitrogens with one attached hydrogen (secondary N) is 1. The lowest BCUT2D eigenvalue weighted by molar-refractivity contribution is 0.315. The van der Waals surface area contributed by atoms with Gasteiger partial charge in [0.15, 0.2) is 0 Å². The molecule has 2 unspecified atom stereocenters. The van der Waals surface area contributed by atoms with Crippen LogP contribution in [0.15, 0.2) is 29.4 Å². The number of ether oxygens (including phenoxy) is 1. The number of nitrogens with zero attached hydrogens (tertiary/aromatic N) is 1. The molecule has 0 spiro atoms. The highest BCUT2D eigenvalue weighted by molar-refractivity contribution is 5.80. The van der Waals surface area contributed by atoms with Gasteiger partial charge in [0.05, 0.1) is 7.11 Å². The van der Waals surface area contributed by atoms with E-state index < -0.39 is 0 Å². The summed E-state index contributed by atoms with van der Waals surface area (Å²) in [6, 6.07) is 8.23. The molecule has 0 aliphatic carbocycles. The van der Waals surface area contributed by atoms with Crippen LogP contribution in [0.5, 0.6) is 5.75 Å². The second-order valence-electron chi connectivity index (χ2n) is 4.36. The van der Waals surface area contributed by atoms with Crippen LogP contribution in [0.3, 0.4) is 0 Å². The number of methoxy groups -OCH3 is 1. The van der Waals surface area contributed by atoms with Crippen molar-refractivity contribution in [3.63, 3.8) is 0 Å². The first kappa shape index (κ1) is 14.3. The maximum Gasteiger partial charge on any atom is 0.140 e. The molecule has 0 saturated heterocycles. The summed E-state index contributed by atoms with van der Waals surface area (Å²) < 4.78 is 5.12. The van der Waals surface area contributed by atoms with E-state index in [1.165, 1.54) is 5.56 Å². The molecular formula is C13H21N3O2. The summed E-state index contributed by atoms with van der Waals surface area (Å²) in [6.07, 6.45) is 0.511. The third-order valence-corrected chi connectivity index (χ3v) is 2.79. The summed E-state index contributed by atoms with van der Waals surface area (Å²) >= 11 is 0. The van der Waals surface area contributed by atoms with E-state index in [0.717, 1.165) is 5.75 Å². The van der Waals surface area contributed by atoms with Gasteiger partial charge in [-0.3, -0.25) is 0 Å². The molecule has 0 bridgehead atoms. The first-order chi connectivity index (χ1) is 8.56. The lowest BCUT2D eigenvalue weighted by Gasteiger charge is -2.20. The van der Waals surface area contributed by atoms with Crippen LogP contribution < -0.4 is 15.8 Å². The molecule has 5 heteroatoms. The standard InChI is InChI=1S/C13H21N3O2/c1-9(8-13(14)16-17)15-10(2)11-4-6-12(18-3)7-5-11/h4-7,9-10,15,17H,8H2,1-3H3,(H2,14,16). The second-order valence-corrected chi connectivity index (χ2v) is 4.36. The van der Waals surface area contributed by atoms with E-state index >= 15 is 0 Å². The van der Waals surface area contributed by atoms with Gasteiger partial charge in [-0.15, -0.1) is 0 Å². The SMILES string of the molecule is COc1ccc(C(C)NC(C)CC(N)=NO)cc1. The summed E-state index contributed by atoms with van der Waals surface area (Å²) in [6.45, 7) is 4.07. The first-order valence-corrected chi connectivity index (χ1v) is 5.93. The van der Waals surface area contributed by atoms with Gasteiger partial charge in [-0.05, 0) is 31.5 Å². The summed E-state index contributed by atoms with van der Waals surface area (Å²) in [5, 5.41) is 14.9. The molecule has 1 aromatic carbocycles. The van der Waals surface area contributed by atoms with Crippen molar-refractivity contribution in [2.45, 2.75) is 32.4 Å². The molecule has 0 fully saturated rings. The van der Waals surface area contributed by atoms with Crippen molar-refractivity contribution >= 4 is 5.84 Å². The van der Waals surface area contributed by atoms with Gasteiger partial charge < -0.3 is 21.0 Å². The summed E-state index contributed by atoms with van der Waals surface area (Å²) in [5.74, 6) is 1.08. The molecule has 4 N–H and O–H groups in total. The quantitative estimate of drug-likeness (QED) is 0.312. The molecule has 0 aromatic heterocycles. The first-order valence-electron chi connectivity index (χ1n) is 5.93. The van der Waals surface area contributed by atoms with Crippen LogP contribution in [0.25, 0.3) is 0 Å². The Morgan fingerprint density at radius 1 is 1.39 bits per heavy atom.